The van der Waals surface area contributed by atoms with Crippen LogP contribution in [0.2, 0.25) is 0 Å². The number of anilines is 1. The van der Waals surface area contributed by atoms with Crippen LogP contribution < -0.4 is 5.32 Å². The van der Waals surface area contributed by atoms with Crippen LogP contribution in [0, 0.1) is 0 Å². The zero-order valence-electron chi connectivity index (χ0n) is 10.7. The Morgan fingerprint density at radius 2 is 2.17 bits per heavy atom. The molecule has 1 saturated heterocycles. The number of likely N-dealkylation sites (tertiary alicyclic amines) is 1. The fourth-order valence-electron chi connectivity index (χ4n) is 2.50. The van der Waals surface area contributed by atoms with Crippen LogP contribution in [0.1, 0.15) is 19.8 Å². The van der Waals surface area contributed by atoms with Crippen LogP contribution in [0.25, 0.3) is 5.65 Å². The highest BCUT2D eigenvalue weighted by atomic mass is 15.2. The molecule has 0 radical (unpaired) electrons. The van der Waals surface area contributed by atoms with Gasteiger partial charge in [0.2, 0.25) is 0 Å². The van der Waals surface area contributed by atoms with Crippen LogP contribution in [-0.2, 0) is 0 Å². The summed E-state index contributed by atoms with van der Waals surface area (Å²) in [5, 5.41) is 7.68. The number of rotatable bonds is 3. The fraction of sp³-hybridized carbons (Fsp3) is 0.538. The second-order valence-corrected chi connectivity index (χ2v) is 4.80. The summed E-state index contributed by atoms with van der Waals surface area (Å²) in [5.41, 5.74) is 0.894. The summed E-state index contributed by atoms with van der Waals surface area (Å²) in [6.45, 7) is 5.75. The normalized spacial score (nSPS) is 18.3. The molecule has 3 rings (SSSR count). The molecule has 0 bridgehead atoms. The molecular formula is C13H19N5. The largest absolute Gasteiger partial charge is 0.367 e. The number of nitrogens with zero attached hydrogens (tertiary/aromatic N) is 4. The van der Waals surface area contributed by atoms with E-state index < -0.39 is 0 Å². The lowest BCUT2D eigenvalue weighted by molar-refractivity contribution is 0.229. The van der Waals surface area contributed by atoms with Crippen molar-refractivity contribution in [1.29, 1.82) is 0 Å². The van der Waals surface area contributed by atoms with Crippen LogP contribution in [0.15, 0.2) is 24.5 Å². The van der Waals surface area contributed by atoms with Gasteiger partial charge in [0.1, 0.15) is 5.82 Å². The van der Waals surface area contributed by atoms with E-state index in [-0.39, 0.29) is 0 Å². The molecule has 0 aromatic carbocycles. The van der Waals surface area contributed by atoms with Gasteiger partial charge in [0.25, 0.3) is 0 Å². The maximum atomic E-state index is 4.54. The Labute approximate surface area is 107 Å². The summed E-state index contributed by atoms with van der Waals surface area (Å²) in [5.74, 6) is 0.956. The minimum absolute atomic E-state index is 0.547. The van der Waals surface area contributed by atoms with E-state index in [1.165, 1.54) is 25.9 Å². The lowest BCUT2D eigenvalue weighted by atomic mass is 10.1. The molecule has 5 heteroatoms. The molecule has 5 nitrogen and oxygen atoms in total. The molecule has 0 unspecified atom stereocenters. The van der Waals surface area contributed by atoms with E-state index in [2.05, 4.69) is 27.2 Å². The summed E-state index contributed by atoms with van der Waals surface area (Å²) in [6.07, 6.45) is 6.11. The summed E-state index contributed by atoms with van der Waals surface area (Å²) in [7, 11) is 0. The van der Waals surface area contributed by atoms with Crippen molar-refractivity contribution in [3.05, 3.63) is 24.5 Å². The van der Waals surface area contributed by atoms with Gasteiger partial charge in [0.15, 0.2) is 5.65 Å². The van der Waals surface area contributed by atoms with Crippen LogP contribution in [0.4, 0.5) is 5.82 Å². The lowest BCUT2D eigenvalue weighted by Gasteiger charge is -2.31. The molecule has 96 valence electrons. The average molecular weight is 245 g/mol. The van der Waals surface area contributed by atoms with E-state index in [4.69, 9.17) is 0 Å². The fourth-order valence-corrected chi connectivity index (χ4v) is 2.50. The molecular weight excluding hydrogens is 226 g/mol. The van der Waals surface area contributed by atoms with E-state index in [9.17, 15) is 0 Å². The van der Waals surface area contributed by atoms with E-state index >= 15 is 0 Å². The molecule has 0 amide bonds. The van der Waals surface area contributed by atoms with Gasteiger partial charge in [-0.3, -0.25) is 0 Å². The van der Waals surface area contributed by atoms with Crippen molar-refractivity contribution in [3.8, 4) is 0 Å². The highest BCUT2D eigenvalue weighted by Crippen LogP contribution is 2.15. The maximum absolute atomic E-state index is 4.54. The maximum Gasteiger partial charge on any atom is 0.157 e. The van der Waals surface area contributed by atoms with Gasteiger partial charge in [-0.15, -0.1) is 0 Å². The first-order valence-corrected chi connectivity index (χ1v) is 6.64. The first-order chi connectivity index (χ1) is 8.85. The van der Waals surface area contributed by atoms with Crippen LogP contribution in [-0.4, -0.2) is 45.2 Å². The number of fused-ring (bicyclic) bond motifs is 1. The molecule has 1 N–H and O–H groups in total. The zero-order valence-corrected chi connectivity index (χ0v) is 10.7. The third-order valence-electron chi connectivity index (χ3n) is 3.64. The Morgan fingerprint density at radius 3 is 2.94 bits per heavy atom. The average Bonchev–Trinajstić information content (AvgIpc) is 2.87. The first-order valence-electron chi connectivity index (χ1n) is 6.64. The van der Waals surface area contributed by atoms with Crippen molar-refractivity contribution in [2.45, 2.75) is 25.8 Å². The topological polar surface area (TPSA) is 45.5 Å². The molecule has 18 heavy (non-hydrogen) atoms. The third-order valence-corrected chi connectivity index (χ3v) is 3.64. The van der Waals surface area contributed by atoms with Gasteiger partial charge in [-0.05, 0) is 25.5 Å². The predicted octanol–water partition coefficient (Wildman–Crippen LogP) is 1.63. The van der Waals surface area contributed by atoms with Crippen molar-refractivity contribution >= 4 is 11.5 Å². The Morgan fingerprint density at radius 1 is 1.33 bits per heavy atom. The molecule has 0 spiro atoms. The predicted molar refractivity (Wildman–Crippen MR) is 71.7 cm³/mol. The number of hydrogen-bond acceptors (Lipinski definition) is 4. The van der Waals surface area contributed by atoms with Crippen molar-refractivity contribution in [1.82, 2.24) is 19.5 Å². The van der Waals surface area contributed by atoms with E-state index in [0.717, 1.165) is 18.0 Å². The van der Waals surface area contributed by atoms with E-state index in [1.807, 2.05) is 18.3 Å². The summed E-state index contributed by atoms with van der Waals surface area (Å²) >= 11 is 0. The monoisotopic (exact) mass is 245 g/mol. The van der Waals surface area contributed by atoms with Crippen LogP contribution in [0.3, 0.4) is 0 Å². The van der Waals surface area contributed by atoms with Gasteiger partial charge in [-0.1, -0.05) is 6.92 Å². The molecule has 1 aliphatic rings. The third kappa shape index (κ3) is 2.31. The molecule has 2 aromatic heterocycles. The van der Waals surface area contributed by atoms with E-state index in [0.29, 0.717) is 6.04 Å². The Kier molecular flexibility index (Phi) is 3.15. The Balaban J connectivity index is 1.65. The van der Waals surface area contributed by atoms with Crippen LogP contribution in [0.5, 0.6) is 0 Å². The van der Waals surface area contributed by atoms with Crippen molar-refractivity contribution < 1.29 is 0 Å². The van der Waals surface area contributed by atoms with Gasteiger partial charge in [-0.25, -0.2) is 9.50 Å². The number of aromatic nitrogens is 3. The Hall–Kier alpha value is -1.62. The standard InChI is InChI=1S/C13H19N5/c1-2-17-8-4-11(5-9-17)15-12-6-10-18-13(16-12)3-7-14-18/h3,6-7,10-11H,2,4-5,8-9H2,1H3,(H,15,16). The molecule has 1 fully saturated rings. The summed E-state index contributed by atoms with van der Waals surface area (Å²) < 4.78 is 1.78. The molecule has 1 aliphatic heterocycles. The van der Waals surface area contributed by atoms with Gasteiger partial charge in [0, 0.05) is 31.4 Å². The number of hydrogen-bond donors (Lipinski definition) is 1. The Bertz CT molecular complexity index is 513. The van der Waals surface area contributed by atoms with Crippen molar-refractivity contribution in [2.24, 2.45) is 0 Å². The minimum Gasteiger partial charge on any atom is -0.367 e. The zero-order chi connectivity index (χ0) is 12.4. The van der Waals surface area contributed by atoms with Gasteiger partial charge in [0.05, 0.1) is 6.20 Å². The second-order valence-electron chi connectivity index (χ2n) is 4.80. The molecule has 0 aliphatic carbocycles. The van der Waals surface area contributed by atoms with Gasteiger partial charge < -0.3 is 10.2 Å². The molecule has 0 saturated carbocycles. The molecule has 2 aromatic rings. The summed E-state index contributed by atoms with van der Waals surface area (Å²) in [4.78, 5) is 7.04. The van der Waals surface area contributed by atoms with E-state index in [1.54, 1.807) is 10.7 Å². The first kappa shape index (κ1) is 11.5. The number of nitrogens with one attached hydrogen (secondary N) is 1. The lowest BCUT2D eigenvalue weighted by Crippen LogP contribution is -2.39. The summed E-state index contributed by atoms with van der Waals surface area (Å²) in [6, 6.07) is 4.46. The van der Waals surface area contributed by atoms with Crippen LogP contribution >= 0.6 is 0 Å². The molecule has 0 atom stereocenters. The number of piperidine rings is 1. The SMILES string of the molecule is CCN1CCC(Nc2ccn3nccc3n2)CC1. The van der Waals surface area contributed by atoms with Crippen molar-refractivity contribution in [3.63, 3.8) is 0 Å². The highest BCUT2D eigenvalue weighted by Gasteiger charge is 2.18. The minimum atomic E-state index is 0.547. The second kappa shape index (κ2) is 4.94. The quantitative estimate of drug-likeness (QED) is 0.892. The van der Waals surface area contributed by atoms with Gasteiger partial charge >= 0.3 is 0 Å². The van der Waals surface area contributed by atoms with Gasteiger partial charge in [-0.2, -0.15) is 5.10 Å². The van der Waals surface area contributed by atoms with Crippen molar-refractivity contribution in [2.75, 3.05) is 25.0 Å². The highest BCUT2D eigenvalue weighted by molar-refractivity contribution is 5.45. The smallest absolute Gasteiger partial charge is 0.157 e. The molecule has 3 heterocycles.